The summed E-state index contributed by atoms with van der Waals surface area (Å²) in [5, 5.41) is 5.20. The maximum Gasteiger partial charge on any atom is 0.0795 e. The third-order valence-corrected chi connectivity index (χ3v) is 3.07. The molecule has 0 radical (unpaired) electrons. The Balaban J connectivity index is 0.000000160. The zero-order valence-electron chi connectivity index (χ0n) is 11.5. The van der Waals surface area contributed by atoms with Gasteiger partial charge in [-0.15, -0.1) is 0 Å². The van der Waals surface area contributed by atoms with Crippen LogP contribution in [-0.2, 0) is 0 Å². The average Bonchev–Trinajstić information content (AvgIpc) is 2.88. The van der Waals surface area contributed by atoms with Gasteiger partial charge in [0.1, 0.15) is 0 Å². The van der Waals surface area contributed by atoms with E-state index in [0.717, 1.165) is 21.8 Å². The molecular weight excluding hydrogens is 258 g/mol. The van der Waals surface area contributed by atoms with Gasteiger partial charge in [-0.25, -0.2) is 0 Å². The van der Waals surface area contributed by atoms with E-state index in [1.807, 2.05) is 61.1 Å². The summed E-state index contributed by atoms with van der Waals surface area (Å²) in [6.45, 7) is 0. The Labute approximate surface area is 123 Å². The summed E-state index contributed by atoms with van der Waals surface area (Å²) in [5.41, 5.74) is 2.02. The maximum absolute atomic E-state index is 4.37. The predicted octanol–water partition coefficient (Wildman–Crippen LogP) is 3.96. The number of nitrogens with one attached hydrogen (secondary N) is 1. The minimum atomic E-state index is 0.999. The van der Waals surface area contributed by atoms with E-state index in [4.69, 9.17) is 0 Å². The number of hydrogen-bond acceptors (Lipinski definition) is 3. The van der Waals surface area contributed by atoms with Crippen LogP contribution in [0.4, 0.5) is 0 Å². The van der Waals surface area contributed by atoms with Crippen LogP contribution in [-0.4, -0.2) is 9.97 Å². The molecule has 3 aromatic rings. The quantitative estimate of drug-likeness (QED) is 0.630. The summed E-state index contributed by atoms with van der Waals surface area (Å²) in [7, 11) is 0. The Hall–Kier alpha value is -2.94. The number of hydrogen-bond donors (Lipinski definition) is 1. The third-order valence-electron chi connectivity index (χ3n) is 3.07. The van der Waals surface area contributed by atoms with Crippen LogP contribution in [0.5, 0.6) is 0 Å². The van der Waals surface area contributed by atoms with E-state index in [9.17, 15) is 0 Å². The lowest BCUT2D eigenvalue weighted by atomic mass is 10.1. The van der Waals surface area contributed by atoms with Gasteiger partial charge in [0.25, 0.3) is 0 Å². The highest BCUT2D eigenvalue weighted by molar-refractivity contribution is 6.03. The molecule has 0 unspecified atom stereocenters. The molecule has 1 aliphatic rings. The molecule has 0 spiro atoms. The first-order chi connectivity index (χ1) is 10.4. The van der Waals surface area contributed by atoms with Crippen molar-refractivity contribution in [1.82, 2.24) is 15.3 Å². The van der Waals surface area contributed by atoms with Crippen LogP contribution in [0.2, 0.25) is 0 Å². The molecule has 0 amide bonds. The van der Waals surface area contributed by atoms with Crippen LogP contribution in [0, 0.1) is 0 Å². The Morgan fingerprint density at radius 1 is 0.714 bits per heavy atom. The van der Waals surface area contributed by atoms with Gasteiger partial charge >= 0.3 is 0 Å². The molecule has 3 heterocycles. The SMILES string of the molecule is C1=CC=CNC=C1.c1cnc2c(c1)ccc1ncccc12. The van der Waals surface area contributed by atoms with Gasteiger partial charge in [-0.05, 0) is 36.4 Å². The standard InChI is InChI=1S/C12H8N2.C6H7N/c1-3-9-5-6-11-10(4-2-7-13-11)12(9)14-8-1;1-2-4-6-7-5-3-1/h1-8H;1-7H. The van der Waals surface area contributed by atoms with Gasteiger partial charge < -0.3 is 5.32 Å². The van der Waals surface area contributed by atoms with Gasteiger partial charge in [-0.2, -0.15) is 0 Å². The Bertz CT molecular complexity index is 763. The van der Waals surface area contributed by atoms with E-state index in [2.05, 4.69) is 33.5 Å². The fourth-order valence-electron chi connectivity index (χ4n) is 2.10. The topological polar surface area (TPSA) is 37.8 Å². The highest BCUT2D eigenvalue weighted by Gasteiger charge is 1.99. The average molecular weight is 273 g/mol. The van der Waals surface area contributed by atoms with Gasteiger partial charge in [0.2, 0.25) is 0 Å². The normalized spacial score (nSPS) is 12.6. The number of benzene rings is 1. The van der Waals surface area contributed by atoms with Crippen molar-refractivity contribution in [3.8, 4) is 0 Å². The van der Waals surface area contributed by atoms with Crippen molar-refractivity contribution in [3.63, 3.8) is 0 Å². The van der Waals surface area contributed by atoms with Crippen LogP contribution < -0.4 is 5.32 Å². The summed E-state index contributed by atoms with van der Waals surface area (Å²) in [6.07, 6.45) is 15.2. The summed E-state index contributed by atoms with van der Waals surface area (Å²) >= 11 is 0. The van der Waals surface area contributed by atoms with Crippen molar-refractivity contribution >= 4 is 21.8 Å². The predicted molar refractivity (Wildman–Crippen MR) is 87.6 cm³/mol. The van der Waals surface area contributed by atoms with Crippen LogP contribution in [0.1, 0.15) is 0 Å². The molecule has 0 atom stereocenters. The summed E-state index contributed by atoms with van der Waals surface area (Å²) in [5.74, 6) is 0. The van der Waals surface area contributed by atoms with Crippen molar-refractivity contribution in [1.29, 1.82) is 0 Å². The summed E-state index contributed by atoms with van der Waals surface area (Å²) in [6, 6.07) is 12.1. The number of fused-ring (bicyclic) bond motifs is 3. The first kappa shape index (κ1) is 13.1. The lowest BCUT2D eigenvalue weighted by Gasteiger charge is -2.00. The minimum absolute atomic E-state index is 0.999. The van der Waals surface area contributed by atoms with Gasteiger partial charge in [0, 0.05) is 35.6 Å². The molecule has 3 heteroatoms. The van der Waals surface area contributed by atoms with Gasteiger partial charge in [-0.3, -0.25) is 9.97 Å². The first-order valence-corrected chi connectivity index (χ1v) is 6.78. The van der Waals surface area contributed by atoms with Crippen molar-refractivity contribution in [2.24, 2.45) is 0 Å². The van der Waals surface area contributed by atoms with E-state index >= 15 is 0 Å². The molecule has 0 bridgehead atoms. The molecule has 1 aliphatic heterocycles. The lowest BCUT2D eigenvalue weighted by Crippen LogP contribution is -1.87. The fraction of sp³-hybridized carbons (Fsp3) is 0. The molecule has 3 nitrogen and oxygen atoms in total. The second-order valence-corrected chi connectivity index (χ2v) is 4.48. The largest absolute Gasteiger partial charge is 0.368 e. The smallest absolute Gasteiger partial charge is 0.0795 e. The molecule has 102 valence electrons. The van der Waals surface area contributed by atoms with Crippen molar-refractivity contribution in [3.05, 3.63) is 85.5 Å². The van der Waals surface area contributed by atoms with Crippen molar-refractivity contribution in [2.45, 2.75) is 0 Å². The lowest BCUT2D eigenvalue weighted by molar-refractivity contribution is 1.20. The van der Waals surface area contributed by atoms with E-state index in [1.165, 1.54) is 0 Å². The number of pyridine rings is 2. The number of aromatic nitrogens is 2. The van der Waals surface area contributed by atoms with Crippen molar-refractivity contribution in [2.75, 3.05) is 0 Å². The van der Waals surface area contributed by atoms with Crippen LogP contribution >= 0.6 is 0 Å². The highest BCUT2D eigenvalue weighted by Crippen LogP contribution is 2.20. The van der Waals surface area contributed by atoms with Gasteiger partial charge in [-0.1, -0.05) is 24.3 Å². The highest BCUT2D eigenvalue weighted by atomic mass is 14.8. The first-order valence-electron chi connectivity index (χ1n) is 6.78. The molecule has 0 saturated carbocycles. The molecule has 4 rings (SSSR count). The second kappa shape index (κ2) is 6.48. The molecule has 21 heavy (non-hydrogen) atoms. The molecule has 1 aromatic carbocycles. The molecule has 1 N–H and O–H groups in total. The molecule has 2 aromatic heterocycles. The maximum atomic E-state index is 4.37. The zero-order chi connectivity index (χ0) is 14.3. The Kier molecular flexibility index (Phi) is 4.03. The minimum Gasteiger partial charge on any atom is -0.368 e. The van der Waals surface area contributed by atoms with Crippen LogP contribution in [0.25, 0.3) is 21.8 Å². The monoisotopic (exact) mass is 273 g/mol. The van der Waals surface area contributed by atoms with E-state index in [1.54, 1.807) is 6.20 Å². The second-order valence-electron chi connectivity index (χ2n) is 4.48. The third kappa shape index (κ3) is 3.15. The Morgan fingerprint density at radius 3 is 2.33 bits per heavy atom. The molecule has 0 saturated heterocycles. The molecule has 0 fully saturated rings. The van der Waals surface area contributed by atoms with E-state index in [-0.39, 0.29) is 0 Å². The van der Waals surface area contributed by atoms with Crippen LogP contribution in [0.15, 0.2) is 85.5 Å². The zero-order valence-corrected chi connectivity index (χ0v) is 11.5. The van der Waals surface area contributed by atoms with Crippen LogP contribution in [0.3, 0.4) is 0 Å². The Morgan fingerprint density at radius 2 is 1.48 bits per heavy atom. The van der Waals surface area contributed by atoms with Gasteiger partial charge in [0.15, 0.2) is 0 Å². The summed E-state index contributed by atoms with van der Waals surface area (Å²) < 4.78 is 0. The number of allylic oxidation sites excluding steroid dienone is 4. The van der Waals surface area contributed by atoms with E-state index < -0.39 is 0 Å². The number of nitrogens with zero attached hydrogens (tertiary/aromatic N) is 2. The molecular formula is C18H15N3. The van der Waals surface area contributed by atoms with Gasteiger partial charge in [0.05, 0.1) is 11.0 Å². The summed E-state index contributed by atoms with van der Waals surface area (Å²) in [4.78, 5) is 8.66. The molecule has 0 aliphatic carbocycles. The van der Waals surface area contributed by atoms with Crippen molar-refractivity contribution < 1.29 is 0 Å². The van der Waals surface area contributed by atoms with E-state index in [0.29, 0.717) is 0 Å². The fourth-order valence-corrected chi connectivity index (χ4v) is 2.10. The number of rotatable bonds is 0.